The predicted molar refractivity (Wildman–Crippen MR) is 73.8 cm³/mol. The molecule has 0 unspecified atom stereocenters. The summed E-state index contributed by atoms with van der Waals surface area (Å²) >= 11 is 5.56. The number of hydrogen-bond donors (Lipinski definition) is 1. The van der Waals surface area contributed by atoms with E-state index in [1.165, 1.54) is 26.6 Å². The summed E-state index contributed by atoms with van der Waals surface area (Å²) in [5, 5.41) is 2.88. The van der Waals surface area contributed by atoms with Crippen molar-refractivity contribution < 1.29 is 18.3 Å². The van der Waals surface area contributed by atoms with Gasteiger partial charge in [-0.3, -0.25) is 0 Å². The predicted octanol–water partition coefficient (Wildman–Crippen LogP) is 3.04. The Kier molecular flexibility index (Phi) is 4.74. The Hall–Kier alpha value is -2.15. The Morgan fingerprint density at radius 3 is 2.10 bits per heavy atom. The summed E-state index contributed by atoms with van der Waals surface area (Å²) in [6.45, 7) is -0.129. The average Bonchev–Trinajstić information content (AvgIpc) is 2.49. The molecule has 2 rings (SSSR count). The first-order valence-electron chi connectivity index (χ1n) is 5.87. The Bertz CT molecular complexity index is 610. The Morgan fingerprint density at radius 1 is 1.10 bits per heavy atom. The molecule has 2 aromatic rings. The van der Waals surface area contributed by atoms with Crippen molar-refractivity contribution in [3.8, 4) is 11.5 Å². The molecule has 0 saturated carbocycles. The summed E-state index contributed by atoms with van der Waals surface area (Å²) < 4.78 is 37.9. The van der Waals surface area contributed by atoms with Crippen molar-refractivity contribution in [1.29, 1.82) is 0 Å². The van der Waals surface area contributed by atoms with E-state index in [4.69, 9.17) is 21.1 Å². The largest absolute Gasteiger partial charge is 0.494 e. The molecule has 1 aromatic carbocycles. The maximum Gasteiger partial charge on any atom is 0.222 e. The summed E-state index contributed by atoms with van der Waals surface area (Å²) in [5.41, 5.74) is 0.265. The normalized spacial score (nSPS) is 10.3. The van der Waals surface area contributed by atoms with Crippen LogP contribution in [0, 0.1) is 11.6 Å². The zero-order valence-electron chi connectivity index (χ0n) is 11.3. The van der Waals surface area contributed by atoms with Crippen LogP contribution >= 0.6 is 11.6 Å². The van der Waals surface area contributed by atoms with Crippen molar-refractivity contribution in [3.63, 3.8) is 0 Å². The van der Waals surface area contributed by atoms with Crippen LogP contribution in [-0.2, 0) is 6.54 Å². The molecule has 1 aromatic heterocycles. The molecule has 8 heteroatoms. The third-order valence-electron chi connectivity index (χ3n) is 2.75. The zero-order valence-corrected chi connectivity index (χ0v) is 12.0. The van der Waals surface area contributed by atoms with Gasteiger partial charge >= 0.3 is 0 Å². The van der Waals surface area contributed by atoms with E-state index < -0.39 is 11.6 Å². The molecule has 5 nitrogen and oxygen atoms in total. The van der Waals surface area contributed by atoms with Crippen LogP contribution in [0.2, 0.25) is 5.28 Å². The van der Waals surface area contributed by atoms with Gasteiger partial charge in [-0.25, -0.2) is 18.7 Å². The van der Waals surface area contributed by atoms with Gasteiger partial charge in [-0.1, -0.05) is 0 Å². The summed E-state index contributed by atoms with van der Waals surface area (Å²) in [7, 11) is 2.58. The van der Waals surface area contributed by atoms with Crippen molar-refractivity contribution in [2.45, 2.75) is 6.54 Å². The van der Waals surface area contributed by atoms with E-state index in [0.29, 0.717) is 5.69 Å². The number of nitrogens with one attached hydrogen (secondary N) is 1. The molecule has 1 N–H and O–H groups in total. The van der Waals surface area contributed by atoms with Gasteiger partial charge in [0.15, 0.2) is 23.1 Å². The average molecular weight is 316 g/mol. The number of ether oxygens (including phenoxy) is 2. The standard InChI is InChI=1S/C13H12ClF2N3O2/c1-20-9-3-10(21-2)12(16)8(11(9)15)6-17-7-4-18-13(14)19-5-7/h3-5,17H,6H2,1-2H3. The van der Waals surface area contributed by atoms with Gasteiger partial charge in [-0.15, -0.1) is 0 Å². The second-order valence-electron chi connectivity index (χ2n) is 3.98. The molecule has 0 spiro atoms. The summed E-state index contributed by atoms with van der Waals surface area (Å²) in [6, 6.07) is 1.15. The van der Waals surface area contributed by atoms with E-state index in [1.54, 1.807) is 0 Å². The molecule has 1 heterocycles. The number of nitrogens with zero attached hydrogens (tertiary/aromatic N) is 2. The fourth-order valence-corrected chi connectivity index (χ4v) is 1.78. The number of halogens is 3. The van der Waals surface area contributed by atoms with Gasteiger partial charge in [0.1, 0.15) is 0 Å². The van der Waals surface area contributed by atoms with Crippen molar-refractivity contribution >= 4 is 17.3 Å². The Morgan fingerprint density at radius 2 is 1.62 bits per heavy atom. The molecule has 0 aliphatic carbocycles. The summed E-state index contributed by atoms with van der Waals surface area (Å²) in [4.78, 5) is 7.52. The van der Waals surface area contributed by atoms with Crippen LogP contribution in [0.1, 0.15) is 5.56 Å². The monoisotopic (exact) mass is 315 g/mol. The lowest BCUT2D eigenvalue weighted by molar-refractivity contribution is 0.354. The van der Waals surface area contributed by atoms with Gasteiger partial charge in [0.25, 0.3) is 0 Å². The van der Waals surface area contributed by atoms with Gasteiger partial charge in [0.2, 0.25) is 5.28 Å². The minimum absolute atomic E-state index is 0.0842. The first-order valence-corrected chi connectivity index (χ1v) is 6.25. The van der Waals surface area contributed by atoms with E-state index in [1.807, 2.05) is 0 Å². The second kappa shape index (κ2) is 6.53. The maximum absolute atomic E-state index is 14.1. The lowest BCUT2D eigenvalue weighted by Crippen LogP contribution is -2.08. The molecule has 21 heavy (non-hydrogen) atoms. The molecule has 0 aliphatic rings. The third-order valence-corrected chi connectivity index (χ3v) is 2.95. The number of hydrogen-bond acceptors (Lipinski definition) is 5. The molecular formula is C13H12ClF2N3O2. The number of methoxy groups -OCH3 is 2. The van der Waals surface area contributed by atoms with Gasteiger partial charge in [0, 0.05) is 12.6 Å². The molecule has 0 saturated heterocycles. The first-order chi connectivity index (χ1) is 10.1. The van der Waals surface area contributed by atoms with Gasteiger partial charge in [-0.2, -0.15) is 0 Å². The van der Waals surface area contributed by atoms with Crippen molar-refractivity contribution in [3.05, 3.63) is 40.9 Å². The van der Waals surface area contributed by atoms with Crippen LogP contribution < -0.4 is 14.8 Å². The highest BCUT2D eigenvalue weighted by Crippen LogP contribution is 2.31. The quantitative estimate of drug-likeness (QED) is 0.859. The number of anilines is 1. The molecule has 0 atom stereocenters. The fourth-order valence-electron chi connectivity index (χ4n) is 1.69. The van der Waals surface area contributed by atoms with E-state index >= 15 is 0 Å². The minimum atomic E-state index is -0.793. The van der Waals surface area contributed by atoms with Crippen LogP contribution in [0.25, 0.3) is 0 Å². The SMILES string of the molecule is COc1cc(OC)c(F)c(CNc2cnc(Cl)nc2)c1F. The lowest BCUT2D eigenvalue weighted by atomic mass is 10.1. The highest BCUT2D eigenvalue weighted by Gasteiger charge is 2.19. The Balaban J connectivity index is 2.28. The number of aromatic nitrogens is 2. The zero-order chi connectivity index (χ0) is 15.4. The van der Waals surface area contributed by atoms with E-state index in [2.05, 4.69) is 15.3 Å². The van der Waals surface area contributed by atoms with Gasteiger partial charge in [-0.05, 0) is 11.6 Å². The summed E-state index contributed by atoms with van der Waals surface area (Å²) in [5.74, 6) is -1.79. The molecule has 0 fully saturated rings. The van der Waals surface area contributed by atoms with Crippen LogP contribution in [0.4, 0.5) is 14.5 Å². The minimum Gasteiger partial charge on any atom is -0.494 e. The van der Waals surface area contributed by atoms with Crippen LogP contribution in [0.5, 0.6) is 11.5 Å². The van der Waals surface area contributed by atoms with E-state index in [0.717, 1.165) is 6.07 Å². The maximum atomic E-state index is 14.1. The fraction of sp³-hybridized carbons (Fsp3) is 0.231. The van der Waals surface area contributed by atoms with E-state index in [9.17, 15) is 8.78 Å². The first kappa shape index (κ1) is 15.2. The smallest absolute Gasteiger partial charge is 0.222 e. The summed E-state index contributed by atoms with van der Waals surface area (Å²) in [6.07, 6.45) is 2.81. The van der Waals surface area contributed by atoms with Crippen LogP contribution in [-0.4, -0.2) is 24.2 Å². The number of rotatable bonds is 5. The second-order valence-corrected chi connectivity index (χ2v) is 4.32. The highest BCUT2D eigenvalue weighted by molar-refractivity contribution is 6.28. The topological polar surface area (TPSA) is 56.3 Å². The molecule has 0 bridgehead atoms. The number of benzene rings is 1. The third kappa shape index (κ3) is 3.30. The van der Waals surface area contributed by atoms with Gasteiger partial charge in [0.05, 0.1) is 37.9 Å². The molecule has 0 radical (unpaired) electrons. The van der Waals surface area contributed by atoms with Crippen molar-refractivity contribution in [2.75, 3.05) is 19.5 Å². The highest BCUT2D eigenvalue weighted by atomic mass is 35.5. The van der Waals surface area contributed by atoms with Crippen LogP contribution in [0.3, 0.4) is 0 Å². The lowest BCUT2D eigenvalue weighted by Gasteiger charge is -2.13. The van der Waals surface area contributed by atoms with E-state index in [-0.39, 0.29) is 28.9 Å². The van der Waals surface area contributed by atoms with Crippen LogP contribution in [0.15, 0.2) is 18.5 Å². The molecule has 112 valence electrons. The van der Waals surface area contributed by atoms with Crippen molar-refractivity contribution in [1.82, 2.24) is 9.97 Å². The molecular weight excluding hydrogens is 304 g/mol. The molecule has 0 amide bonds. The van der Waals surface area contributed by atoms with Gasteiger partial charge < -0.3 is 14.8 Å². The Labute approximate surface area is 124 Å². The van der Waals surface area contributed by atoms with Crippen molar-refractivity contribution in [2.24, 2.45) is 0 Å². The molecule has 0 aliphatic heterocycles.